The van der Waals surface area contributed by atoms with E-state index in [-0.39, 0.29) is 6.04 Å². The van der Waals surface area contributed by atoms with Crippen molar-refractivity contribution in [1.82, 2.24) is 0 Å². The molecule has 0 spiro atoms. The molecule has 1 nitrogen and oxygen atoms in total. The van der Waals surface area contributed by atoms with Gasteiger partial charge in [0.1, 0.15) is 0 Å². The average molecular weight is 329 g/mol. The molecule has 1 saturated carbocycles. The molecule has 0 amide bonds. The van der Waals surface area contributed by atoms with Crippen molar-refractivity contribution in [3.63, 3.8) is 0 Å². The summed E-state index contributed by atoms with van der Waals surface area (Å²) in [5.74, 6) is 1.59. The molecule has 0 saturated heterocycles. The van der Waals surface area contributed by atoms with E-state index in [2.05, 4.69) is 53.8 Å². The van der Waals surface area contributed by atoms with Crippen molar-refractivity contribution >= 4 is 22.6 Å². The summed E-state index contributed by atoms with van der Waals surface area (Å²) in [7, 11) is 0. The minimum atomic E-state index is 0.237. The highest BCUT2D eigenvalue weighted by Crippen LogP contribution is 2.36. The lowest BCUT2D eigenvalue weighted by atomic mass is 9.78. The van der Waals surface area contributed by atoms with Crippen LogP contribution in [0.5, 0.6) is 0 Å². The van der Waals surface area contributed by atoms with E-state index >= 15 is 0 Å². The minimum absolute atomic E-state index is 0.237. The van der Waals surface area contributed by atoms with E-state index in [1.165, 1.54) is 34.8 Å². The Morgan fingerprint density at radius 2 is 1.81 bits per heavy atom. The van der Waals surface area contributed by atoms with Crippen LogP contribution in [0.1, 0.15) is 44.2 Å². The number of nitrogens with two attached hydrogens (primary N) is 1. The van der Waals surface area contributed by atoms with E-state index in [4.69, 9.17) is 5.73 Å². The van der Waals surface area contributed by atoms with Gasteiger partial charge in [-0.2, -0.15) is 0 Å². The van der Waals surface area contributed by atoms with Gasteiger partial charge in [0.05, 0.1) is 0 Å². The highest BCUT2D eigenvalue weighted by molar-refractivity contribution is 14.1. The molecule has 16 heavy (non-hydrogen) atoms. The lowest BCUT2D eigenvalue weighted by molar-refractivity contribution is 0.255. The summed E-state index contributed by atoms with van der Waals surface area (Å²) in [6, 6.07) is 8.76. The van der Waals surface area contributed by atoms with Crippen LogP contribution in [-0.4, -0.2) is 0 Å². The van der Waals surface area contributed by atoms with E-state index in [0.29, 0.717) is 5.92 Å². The Morgan fingerprint density at radius 1 is 1.19 bits per heavy atom. The van der Waals surface area contributed by atoms with E-state index in [0.717, 1.165) is 5.92 Å². The third kappa shape index (κ3) is 2.77. The molecular weight excluding hydrogens is 309 g/mol. The fraction of sp³-hybridized carbons (Fsp3) is 0.571. The second-order valence-electron chi connectivity index (χ2n) is 5.07. The van der Waals surface area contributed by atoms with E-state index < -0.39 is 0 Å². The Labute approximate surface area is 112 Å². The lowest BCUT2D eigenvalue weighted by Crippen LogP contribution is -2.26. The largest absolute Gasteiger partial charge is 0.324 e. The van der Waals surface area contributed by atoms with Crippen molar-refractivity contribution in [3.05, 3.63) is 33.4 Å². The Kier molecular flexibility index (Phi) is 4.25. The van der Waals surface area contributed by atoms with Crippen LogP contribution in [-0.2, 0) is 0 Å². The highest BCUT2D eigenvalue weighted by atomic mass is 127. The molecule has 1 atom stereocenters. The quantitative estimate of drug-likeness (QED) is 0.812. The lowest BCUT2D eigenvalue weighted by Gasteiger charge is -2.31. The van der Waals surface area contributed by atoms with Gasteiger partial charge in [0.2, 0.25) is 0 Å². The van der Waals surface area contributed by atoms with Gasteiger partial charge < -0.3 is 5.73 Å². The summed E-state index contributed by atoms with van der Waals surface area (Å²) >= 11 is 2.40. The molecule has 88 valence electrons. The van der Waals surface area contributed by atoms with Gasteiger partial charge in [0.15, 0.2) is 0 Å². The molecular formula is C14H20IN. The molecule has 2 rings (SSSR count). The van der Waals surface area contributed by atoms with Crippen LogP contribution >= 0.6 is 22.6 Å². The van der Waals surface area contributed by atoms with Crippen molar-refractivity contribution in [2.75, 3.05) is 0 Å². The van der Waals surface area contributed by atoms with Crippen molar-refractivity contribution in [3.8, 4) is 0 Å². The van der Waals surface area contributed by atoms with E-state index in [9.17, 15) is 0 Å². The van der Waals surface area contributed by atoms with Crippen molar-refractivity contribution in [1.29, 1.82) is 0 Å². The zero-order valence-electron chi connectivity index (χ0n) is 9.83. The molecule has 1 aromatic rings. The second-order valence-corrected chi connectivity index (χ2v) is 6.23. The molecule has 0 radical (unpaired) electrons. The van der Waals surface area contributed by atoms with Crippen LogP contribution in [0, 0.1) is 15.4 Å². The Hall–Kier alpha value is -0.0900. The van der Waals surface area contributed by atoms with E-state index in [1.54, 1.807) is 0 Å². The third-order valence-electron chi connectivity index (χ3n) is 3.83. The maximum atomic E-state index is 6.41. The molecule has 0 aromatic heterocycles. The Balaban J connectivity index is 2.07. The van der Waals surface area contributed by atoms with Gasteiger partial charge in [-0.25, -0.2) is 0 Å². The van der Waals surface area contributed by atoms with Crippen LogP contribution < -0.4 is 5.73 Å². The summed E-state index contributed by atoms with van der Waals surface area (Å²) < 4.78 is 1.31. The van der Waals surface area contributed by atoms with Crippen molar-refractivity contribution < 1.29 is 0 Å². The summed E-state index contributed by atoms with van der Waals surface area (Å²) in [6.07, 6.45) is 5.30. The molecule has 0 bridgehead atoms. The maximum Gasteiger partial charge on any atom is 0.0334 e. The van der Waals surface area contributed by atoms with Crippen LogP contribution in [0.4, 0.5) is 0 Å². The van der Waals surface area contributed by atoms with Crippen LogP contribution in [0.3, 0.4) is 0 Å². The smallest absolute Gasteiger partial charge is 0.0334 e. The highest BCUT2D eigenvalue weighted by Gasteiger charge is 2.25. The maximum absolute atomic E-state index is 6.41. The molecule has 1 aliphatic rings. The fourth-order valence-electron chi connectivity index (χ4n) is 2.64. The molecule has 0 heterocycles. The fourth-order valence-corrected chi connectivity index (χ4v) is 3.39. The Bertz CT molecular complexity index is 342. The van der Waals surface area contributed by atoms with Gasteiger partial charge in [0, 0.05) is 9.61 Å². The van der Waals surface area contributed by atoms with Gasteiger partial charge in [-0.1, -0.05) is 38.0 Å². The van der Waals surface area contributed by atoms with Gasteiger partial charge >= 0.3 is 0 Å². The number of halogens is 1. The molecule has 1 fully saturated rings. The number of benzene rings is 1. The zero-order valence-corrected chi connectivity index (χ0v) is 12.0. The summed E-state index contributed by atoms with van der Waals surface area (Å²) in [6.45, 7) is 2.36. The summed E-state index contributed by atoms with van der Waals surface area (Å²) in [4.78, 5) is 0. The first-order valence-corrected chi connectivity index (χ1v) is 7.26. The molecule has 2 heteroatoms. The van der Waals surface area contributed by atoms with Gasteiger partial charge in [-0.05, 0) is 58.9 Å². The summed E-state index contributed by atoms with van der Waals surface area (Å²) in [5.41, 5.74) is 7.75. The van der Waals surface area contributed by atoms with Crippen LogP contribution in [0.2, 0.25) is 0 Å². The van der Waals surface area contributed by atoms with Gasteiger partial charge in [0.25, 0.3) is 0 Å². The Morgan fingerprint density at radius 3 is 2.44 bits per heavy atom. The molecule has 1 aliphatic carbocycles. The molecule has 1 unspecified atom stereocenters. The SMILES string of the molecule is CC1CCC(C(N)c2ccccc2I)CC1. The monoisotopic (exact) mass is 329 g/mol. The number of rotatable bonds is 2. The first kappa shape index (κ1) is 12.4. The first-order valence-electron chi connectivity index (χ1n) is 6.18. The average Bonchev–Trinajstić information content (AvgIpc) is 2.30. The summed E-state index contributed by atoms with van der Waals surface area (Å²) in [5, 5.41) is 0. The van der Waals surface area contributed by atoms with Crippen molar-refractivity contribution in [2.45, 2.75) is 38.6 Å². The molecule has 1 aromatic carbocycles. The van der Waals surface area contributed by atoms with Crippen LogP contribution in [0.15, 0.2) is 24.3 Å². The topological polar surface area (TPSA) is 26.0 Å². The van der Waals surface area contributed by atoms with Gasteiger partial charge in [-0.15, -0.1) is 0 Å². The number of hydrogen-bond donors (Lipinski definition) is 1. The zero-order chi connectivity index (χ0) is 11.5. The van der Waals surface area contributed by atoms with E-state index in [1.807, 2.05) is 0 Å². The van der Waals surface area contributed by atoms with Gasteiger partial charge in [-0.3, -0.25) is 0 Å². The number of hydrogen-bond acceptors (Lipinski definition) is 1. The molecule has 2 N–H and O–H groups in total. The third-order valence-corrected chi connectivity index (χ3v) is 4.82. The predicted molar refractivity (Wildman–Crippen MR) is 77.2 cm³/mol. The normalized spacial score (nSPS) is 27.7. The first-order chi connectivity index (χ1) is 7.68. The van der Waals surface area contributed by atoms with Crippen LogP contribution in [0.25, 0.3) is 0 Å². The second kappa shape index (κ2) is 5.50. The molecule has 0 aliphatic heterocycles. The standard InChI is InChI=1S/C14H20IN/c1-10-6-8-11(9-7-10)14(16)12-4-2-3-5-13(12)15/h2-5,10-11,14H,6-9,16H2,1H3. The predicted octanol–water partition coefficient (Wildman–Crippen LogP) is 4.12. The van der Waals surface area contributed by atoms with Crippen molar-refractivity contribution in [2.24, 2.45) is 17.6 Å². The minimum Gasteiger partial charge on any atom is -0.324 e.